The summed E-state index contributed by atoms with van der Waals surface area (Å²) in [6.07, 6.45) is 1.78. The van der Waals surface area contributed by atoms with Crippen molar-refractivity contribution in [3.05, 3.63) is 95.4 Å². The van der Waals surface area contributed by atoms with Gasteiger partial charge in [0.1, 0.15) is 6.04 Å². The molecule has 0 spiro atoms. The lowest BCUT2D eigenvalue weighted by Gasteiger charge is -2.18. The highest BCUT2D eigenvalue weighted by molar-refractivity contribution is 8.01. The molecule has 0 aliphatic rings. The van der Waals surface area contributed by atoms with Crippen LogP contribution in [-0.2, 0) is 11.2 Å². The molecule has 0 saturated carbocycles. The summed E-state index contributed by atoms with van der Waals surface area (Å²) in [5.41, 5.74) is 2.60. The summed E-state index contributed by atoms with van der Waals surface area (Å²) in [5.74, 6) is -0.573. The van der Waals surface area contributed by atoms with Gasteiger partial charge < -0.3 is 15.1 Å². The van der Waals surface area contributed by atoms with Crippen LogP contribution in [0.4, 0.5) is 5.69 Å². The molecule has 2 aromatic carbocycles. The summed E-state index contributed by atoms with van der Waals surface area (Å²) >= 11 is 3.18. The third-order valence-corrected chi connectivity index (χ3v) is 6.64. The molecule has 2 amide bonds. The predicted molar refractivity (Wildman–Crippen MR) is 126 cm³/mol. The van der Waals surface area contributed by atoms with Gasteiger partial charge in [0.25, 0.3) is 5.91 Å². The normalized spacial score (nSPS) is 11.7. The maximum absolute atomic E-state index is 13.0. The van der Waals surface area contributed by atoms with Crippen molar-refractivity contribution in [2.24, 2.45) is 0 Å². The fourth-order valence-electron chi connectivity index (χ4n) is 3.01. The fraction of sp³-hybridized carbons (Fsp3) is 0.125. The lowest BCUT2D eigenvalue weighted by atomic mass is 10.0. The van der Waals surface area contributed by atoms with Gasteiger partial charge in [0.2, 0.25) is 5.91 Å². The van der Waals surface area contributed by atoms with Crippen molar-refractivity contribution in [1.82, 2.24) is 10.3 Å². The van der Waals surface area contributed by atoms with E-state index in [0.29, 0.717) is 12.1 Å². The second-order valence-electron chi connectivity index (χ2n) is 7.06. The third kappa shape index (κ3) is 5.87. The van der Waals surface area contributed by atoms with E-state index in [1.165, 1.54) is 6.26 Å². The number of rotatable bonds is 8. The van der Waals surface area contributed by atoms with E-state index in [1.807, 2.05) is 66.9 Å². The van der Waals surface area contributed by atoms with Crippen molar-refractivity contribution in [2.45, 2.75) is 28.6 Å². The molecule has 0 radical (unpaired) electrons. The SMILES string of the molecule is Cc1csc(Sc2ccc(NC(=O)C(Cc3ccccc3)NC(=O)c3ccco3)cc2)n1. The van der Waals surface area contributed by atoms with Crippen LogP contribution in [0.2, 0.25) is 0 Å². The van der Waals surface area contributed by atoms with Gasteiger partial charge in [-0.15, -0.1) is 11.3 Å². The van der Waals surface area contributed by atoms with Crippen LogP contribution in [0.15, 0.2) is 92.0 Å². The maximum Gasteiger partial charge on any atom is 0.287 e. The molecule has 32 heavy (non-hydrogen) atoms. The molecule has 0 bridgehead atoms. The van der Waals surface area contributed by atoms with Crippen molar-refractivity contribution in [1.29, 1.82) is 0 Å². The first-order chi connectivity index (χ1) is 15.6. The highest BCUT2D eigenvalue weighted by atomic mass is 32.2. The van der Waals surface area contributed by atoms with Crippen LogP contribution in [0.1, 0.15) is 21.8 Å². The Morgan fingerprint density at radius 3 is 2.50 bits per heavy atom. The van der Waals surface area contributed by atoms with E-state index in [4.69, 9.17) is 4.42 Å². The number of carbonyl (C=O) groups excluding carboxylic acids is 2. The molecular formula is C24H21N3O3S2. The molecule has 0 aliphatic heterocycles. The van der Waals surface area contributed by atoms with Crippen molar-refractivity contribution in [2.75, 3.05) is 5.32 Å². The van der Waals surface area contributed by atoms with Crippen LogP contribution < -0.4 is 10.6 Å². The number of nitrogens with zero attached hydrogens (tertiary/aromatic N) is 1. The van der Waals surface area contributed by atoms with Crippen molar-refractivity contribution < 1.29 is 14.0 Å². The number of aromatic nitrogens is 1. The lowest BCUT2D eigenvalue weighted by Crippen LogP contribution is -2.45. The molecule has 0 fully saturated rings. The zero-order chi connectivity index (χ0) is 22.3. The van der Waals surface area contributed by atoms with Crippen LogP contribution in [-0.4, -0.2) is 22.8 Å². The first kappa shape index (κ1) is 21.9. The lowest BCUT2D eigenvalue weighted by molar-refractivity contribution is -0.118. The molecule has 162 valence electrons. The number of aryl methyl sites for hydroxylation is 1. The summed E-state index contributed by atoms with van der Waals surface area (Å²) in [7, 11) is 0. The van der Waals surface area contributed by atoms with Crippen molar-refractivity contribution in [3.63, 3.8) is 0 Å². The smallest absolute Gasteiger partial charge is 0.287 e. The number of thiazole rings is 1. The summed E-state index contributed by atoms with van der Waals surface area (Å²) < 4.78 is 6.13. The molecule has 0 aliphatic carbocycles. The van der Waals surface area contributed by atoms with Gasteiger partial charge in [0.15, 0.2) is 10.1 Å². The number of carbonyl (C=O) groups is 2. The summed E-state index contributed by atoms with van der Waals surface area (Å²) in [4.78, 5) is 31.0. The van der Waals surface area contributed by atoms with E-state index in [1.54, 1.807) is 35.2 Å². The molecule has 0 saturated heterocycles. The van der Waals surface area contributed by atoms with Crippen LogP contribution in [0, 0.1) is 6.92 Å². The molecule has 8 heteroatoms. The fourth-order valence-corrected chi connectivity index (χ4v) is 4.82. The van der Waals surface area contributed by atoms with Gasteiger partial charge in [-0.05, 0) is 48.9 Å². The van der Waals surface area contributed by atoms with E-state index in [2.05, 4.69) is 15.6 Å². The molecule has 4 aromatic rings. The number of nitrogens with one attached hydrogen (secondary N) is 2. The van der Waals surface area contributed by atoms with Crippen LogP contribution in [0.25, 0.3) is 0 Å². The van der Waals surface area contributed by atoms with Gasteiger partial charge in [-0.2, -0.15) is 0 Å². The Hall–Kier alpha value is -3.36. The highest BCUT2D eigenvalue weighted by Crippen LogP contribution is 2.30. The van der Waals surface area contributed by atoms with Crippen molar-refractivity contribution in [3.8, 4) is 0 Å². The molecular weight excluding hydrogens is 442 g/mol. The minimum atomic E-state index is -0.762. The third-order valence-electron chi connectivity index (χ3n) is 4.57. The summed E-state index contributed by atoms with van der Waals surface area (Å²) in [6, 6.07) is 19.5. The van der Waals surface area contributed by atoms with Gasteiger partial charge in [-0.25, -0.2) is 4.98 Å². The average Bonchev–Trinajstić information content (AvgIpc) is 3.47. The number of amides is 2. The molecule has 6 nitrogen and oxygen atoms in total. The number of benzene rings is 2. The minimum absolute atomic E-state index is 0.162. The number of furan rings is 1. The van der Waals surface area contributed by atoms with E-state index < -0.39 is 11.9 Å². The molecule has 2 aromatic heterocycles. The van der Waals surface area contributed by atoms with E-state index in [-0.39, 0.29) is 11.7 Å². The van der Waals surface area contributed by atoms with E-state index in [0.717, 1.165) is 20.5 Å². The molecule has 4 rings (SSSR count). The largest absolute Gasteiger partial charge is 0.459 e. The van der Waals surface area contributed by atoms with Crippen LogP contribution >= 0.6 is 23.1 Å². The first-order valence-electron chi connectivity index (χ1n) is 9.96. The number of anilines is 1. The van der Waals surface area contributed by atoms with Gasteiger partial charge in [0, 0.05) is 28.1 Å². The number of hydrogen-bond acceptors (Lipinski definition) is 6. The molecule has 1 unspecified atom stereocenters. The monoisotopic (exact) mass is 463 g/mol. The van der Waals surface area contributed by atoms with Crippen LogP contribution in [0.3, 0.4) is 0 Å². The summed E-state index contributed by atoms with van der Waals surface area (Å²) in [6.45, 7) is 1.97. The number of hydrogen-bond donors (Lipinski definition) is 2. The van der Waals surface area contributed by atoms with Gasteiger partial charge in [-0.1, -0.05) is 42.1 Å². The zero-order valence-corrected chi connectivity index (χ0v) is 18.9. The Kier molecular flexibility index (Phi) is 7.03. The van der Waals surface area contributed by atoms with E-state index in [9.17, 15) is 9.59 Å². The topological polar surface area (TPSA) is 84.2 Å². The van der Waals surface area contributed by atoms with Crippen LogP contribution in [0.5, 0.6) is 0 Å². The maximum atomic E-state index is 13.0. The van der Waals surface area contributed by atoms with Crippen molar-refractivity contribution >= 4 is 40.6 Å². The van der Waals surface area contributed by atoms with Gasteiger partial charge in [0.05, 0.1) is 6.26 Å². The molecule has 2 heterocycles. The highest BCUT2D eigenvalue weighted by Gasteiger charge is 2.23. The van der Waals surface area contributed by atoms with Gasteiger partial charge in [-0.3, -0.25) is 9.59 Å². The Morgan fingerprint density at radius 2 is 1.84 bits per heavy atom. The molecule has 1 atom stereocenters. The Balaban J connectivity index is 1.44. The summed E-state index contributed by atoms with van der Waals surface area (Å²) in [5, 5.41) is 7.69. The second kappa shape index (κ2) is 10.3. The Morgan fingerprint density at radius 1 is 1.06 bits per heavy atom. The predicted octanol–water partition coefficient (Wildman–Crippen LogP) is 5.18. The van der Waals surface area contributed by atoms with E-state index >= 15 is 0 Å². The Labute approximate surface area is 194 Å². The quantitative estimate of drug-likeness (QED) is 0.376. The first-order valence-corrected chi connectivity index (χ1v) is 11.7. The minimum Gasteiger partial charge on any atom is -0.459 e. The standard InChI is InChI=1S/C24H21N3O3S2/c1-16-15-31-24(25-16)32-19-11-9-18(10-12-19)26-22(28)20(14-17-6-3-2-4-7-17)27-23(29)21-8-5-13-30-21/h2-13,15,20H,14H2,1H3,(H,26,28)(H,27,29). The Bertz CT molecular complexity index is 1170. The molecule has 2 N–H and O–H groups in total. The van der Waals surface area contributed by atoms with Gasteiger partial charge >= 0.3 is 0 Å². The average molecular weight is 464 g/mol. The second-order valence-corrected chi connectivity index (χ2v) is 9.24. The zero-order valence-electron chi connectivity index (χ0n) is 17.3.